The van der Waals surface area contributed by atoms with Gasteiger partial charge < -0.3 is 19.5 Å². The fourth-order valence-corrected chi connectivity index (χ4v) is 4.91. The lowest BCUT2D eigenvalue weighted by Crippen LogP contribution is -2.42. The summed E-state index contributed by atoms with van der Waals surface area (Å²) in [5.74, 6) is -0.874. The molecule has 196 valence electrons. The van der Waals surface area contributed by atoms with Gasteiger partial charge in [0.2, 0.25) is 0 Å². The molecular weight excluding hydrogens is 504 g/mol. The summed E-state index contributed by atoms with van der Waals surface area (Å²) in [6.07, 6.45) is 0. The van der Waals surface area contributed by atoms with Crippen LogP contribution in [0.5, 0.6) is 5.75 Å². The standard InChI is InChI=1S/C30H29ClN2O5/c31-24-10-6-23(7-11-24)28(34)26-27(33(30(36)29(26)35)15-14-32-16-18-37-19-17-32)22-8-12-25(13-9-22)38-20-21-4-2-1-3-5-21/h1-13,27,34H,14-20H2. The Kier molecular flexibility index (Phi) is 8.08. The molecule has 0 saturated carbocycles. The molecule has 0 aromatic heterocycles. The van der Waals surface area contributed by atoms with E-state index in [1.54, 1.807) is 29.2 Å². The van der Waals surface area contributed by atoms with Crippen molar-refractivity contribution in [2.24, 2.45) is 0 Å². The molecule has 1 N–H and O–H groups in total. The minimum Gasteiger partial charge on any atom is -0.507 e. The Labute approximate surface area is 226 Å². The molecule has 0 aliphatic carbocycles. The quantitative estimate of drug-likeness (QED) is 0.258. The Morgan fingerprint density at radius 1 is 0.921 bits per heavy atom. The van der Waals surface area contributed by atoms with Crippen LogP contribution in [0.3, 0.4) is 0 Å². The summed E-state index contributed by atoms with van der Waals surface area (Å²) in [5, 5.41) is 11.7. The van der Waals surface area contributed by atoms with Crippen LogP contribution in [0.1, 0.15) is 22.7 Å². The van der Waals surface area contributed by atoms with Crippen LogP contribution < -0.4 is 4.74 Å². The van der Waals surface area contributed by atoms with Gasteiger partial charge in [-0.05, 0) is 47.5 Å². The van der Waals surface area contributed by atoms with Crippen molar-refractivity contribution in [1.29, 1.82) is 0 Å². The molecule has 2 aliphatic heterocycles. The van der Waals surface area contributed by atoms with E-state index in [0.717, 1.165) is 18.7 Å². The molecule has 3 aromatic carbocycles. The Balaban J connectivity index is 1.44. The number of hydrogen-bond acceptors (Lipinski definition) is 6. The summed E-state index contributed by atoms with van der Waals surface area (Å²) in [7, 11) is 0. The summed E-state index contributed by atoms with van der Waals surface area (Å²) in [6.45, 7) is 4.20. The van der Waals surface area contributed by atoms with Crippen LogP contribution in [-0.2, 0) is 20.9 Å². The molecule has 0 spiro atoms. The zero-order chi connectivity index (χ0) is 26.5. The molecular formula is C30H29ClN2O5. The number of nitrogens with zero attached hydrogens (tertiary/aromatic N) is 2. The molecule has 8 heteroatoms. The third-order valence-corrected chi connectivity index (χ3v) is 7.11. The summed E-state index contributed by atoms with van der Waals surface area (Å²) < 4.78 is 11.3. The van der Waals surface area contributed by atoms with Crippen molar-refractivity contribution in [3.05, 3.63) is 106 Å². The lowest BCUT2D eigenvalue weighted by atomic mass is 9.95. The van der Waals surface area contributed by atoms with E-state index in [4.69, 9.17) is 21.1 Å². The van der Waals surface area contributed by atoms with E-state index in [-0.39, 0.29) is 11.3 Å². The maximum Gasteiger partial charge on any atom is 0.295 e. The number of aliphatic hydroxyl groups is 1. The number of ketones is 1. The number of amides is 1. The number of rotatable bonds is 8. The third kappa shape index (κ3) is 5.75. The van der Waals surface area contributed by atoms with Crippen LogP contribution in [0.25, 0.3) is 5.76 Å². The van der Waals surface area contributed by atoms with Gasteiger partial charge in [-0.2, -0.15) is 0 Å². The van der Waals surface area contributed by atoms with E-state index in [1.807, 2.05) is 54.6 Å². The van der Waals surface area contributed by atoms with Crippen LogP contribution >= 0.6 is 11.6 Å². The Bertz CT molecular complexity index is 1300. The van der Waals surface area contributed by atoms with Crippen LogP contribution in [0.2, 0.25) is 5.02 Å². The van der Waals surface area contributed by atoms with Crippen molar-refractivity contribution in [1.82, 2.24) is 9.80 Å². The lowest BCUT2D eigenvalue weighted by Gasteiger charge is -2.31. The van der Waals surface area contributed by atoms with Gasteiger partial charge in [-0.25, -0.2) is 0 Å². The van der Waals surface area contributed by atoms with Gasteiger partial charge in [-0.1, -0.05) is 54.1 Å². The highest BCUT2D eigenvalue weighted by molar-refractivity contribution is 6.46. The Morgan fingerprint density at radius 2 is 1.61 bits per heavy atom. The predicted molar refractivity (Wildman–Crippen MR) is 145 cm³/mol. The molecule has 1 unspecified atom stereocenters. The summed E-state index contributed by atoms with van der Waals surface area (Å²) in [5.41, 5.74) is 2.26. The van der Waals surface area contributed by atoms with Crippen LogP contribution in [0.4, 0.5) is 0 Å². The van der Waals surface area contributed by atoms with Crippen molar-refractivity contribution in [2.45, 2.75) is 12.6 Å². The first-order valence-corrected chi connectivity index (χ1v) is 13.0. The summed E-state index contributed by atoms with van der Waals surface area (Å²) in [6, 6.07) is 23.0. The van der Waals surface area contributed by atoms with Crippen LogP contribution in [0.15, 0.2) is 84.4 Å². The highest BCUT2D eigenvalue weighted by Gasteiger charge is 2.46. The smallest absolute Gasteiger partial charge is 0.295 e. The summed E-state index contributed by atoms with van der Waals surface area (Å²) in [4.78, 5) is 30.3. The topological polar surface area (TPSA) is 79.3 Å². The first-order chi connectivity index (χ1) is 18.5. The number of halogens is 1. The number of carbonyl (C=O) groups is 2. The maximum atomic E-state index is 13.3. The SMILES string of the molecule is O=C1C(=O)N(CCN2CCOCC2)C(c2ccc(OCc3ccccc3)cc2)C1=C(O)c1ccc(Cl)cc1. The van der Waals surface area contributed by atoms with Crippen molar-refractivity contribution >= 4 is 29.1 Å². The van der Waals surface area contributed by atoms with Crippen LogP contribution in [-0.4, -0.2) is 66.0 Å². The molecule has 7 nitrogen and oxygen atoms in total. The second-order valence-corrected chi connectivity index (χ2v) is 9.73. The van der Waals surface area contributed by atoms with E-state index in [1.165, 1.54) is 0 Å². The number of Topliss-reactive ketones (excluding diaryl/α,β-unsaturated/α-hetero) is 1. The Morgan fingerprint density at radius 3 is 2.29 bits per heavy atom. The normalized spacial score (nSPS) is 19.6. The van der Waals surface area contributed by atoms with Gasteiger partial charge in [0.1, 0.15) is 18.1 Å². The molecule has 0 radical (unpaired) electrons. The molecule has 2 aliphatic rings. The number of likely N-dealkylation sites (tertiary alicyclic amines) is 1. The van der Waals surface area contributed by atoms with Crippen molar-refractivity contribution in [2.75, 3.05) is 39.4 Å². The van der Waals surface area contributed by atoms with Gasteiger partial charge in [-0.3, -0.25) is 14.5 Å². The molecule has 2 heterocycles. The fraction of sp³-hybridized carbons (Fsp3) is 0.267. The second kappa shape index (κ2) is 11.8. The van der Waals surface area contributed by atoms with E-state index in [0.29, 0.717) is 54.8 Å². The average Bonchev–Trinajstić information content (AvgIpc) is 3.21. The average molecular weight is 533 g/mol. The molecule has 3 aromatic rings. The van der Waals surface area contributed by atoms with Crippen molar-refractivity contribution in [3.63, 3.8) is 0 Å². The minimum absolute atomic E-state index is 0.0669. The molecule has 5 rings (SSSR count). The molecule has 1 atom stereocenters. The Hall–Kier alpha value is -3.65. The largest absolute Gasteiger partial charge is 0.507 e. The summed E-state index contributed by atoms with van der Waals surface area (Å²) >= 11 is 6.02. The van der Waals surface area contributed by atoms with Gasteiger partial charge in [-0.15, -0.1) is 0 Å². The number of carbonyl (C=O) groups excluding carboxylic acids is 2. The second-order valence-electron chi connectivity index (χ2n) is 9.30. The van der Waals surface area contributed by atoms with E-state index < -0.39 is 17.7 Å². The molecule has 1 amide bonds. The minimum atomic E-state index is -0.727. The number of benzene rings is 3. The number of morpholine rings is 1. The number of aliphatic hydroxyl groups excluding tert-OH is 1. The number of hydrogen-bond donors (Lipinski definition) is 1. The van der Waals surface area contributed by atoms with Crippen molar-refractivity contribution in [3.8, 4) is 5.75 Å². The predicted octanol–water partition coefficient (Wildman–Crippen LogP) is 4.67. The zero-order valence-electron chi connectivity index (χ0n) is 20.9. The monoisotopic (exact) mass is 532 g/mol. The zero-order valence-corrected chi connectivity index (χ0v) is 21.6. The molecule has 2 saturated heterocycles. The van der Waals surface area contributed by atoms with E-state index in [9.17, 15) is 14.7 Å². The van der Waals surface area contributed by atoms with E-state index in [2.05, 4.69) is 4.90 Å². The van der Waals surface area contributed by atoms with Gasteiger partial charge in [0.05, 0.1) is 24.8 Å². The first kappa shape index (κ1) is 26.0. The van der Waals surface area contributed by atoms with Gasteiger partial charge in [0, 0.05) is 36.8 Å². The lowest BCUT2D eigenvalue weighted by molar-refractivity contribution is -0.140. The maximum absolute atomic E-state index is 13.3. The van der Waals surface area contributed by atoms with Gasteiger partial charge in [0.15, 0.2) is 0 Å². The molecule has 38 heavy (non-hydrogen) atoms. The first-order valence-electron chi connectivity index (χ1n) is 12.6. The van der Waals surface area contributed by atoms with Crippen LogP contribution in [0, 0.1) is 0 Å². The van der Waals surface area contributed by atoms with E-state index >= 15 is 0 Å². The molecule has 0 bridgehead atoms. The highest BCUT2D eigenvalue weighted by Crippen LogP contribution is 2.40. The van der Waals surface area contributed by atoms with Gasteiger partial charge in [0.25, 0.3) is 11.7 Å². The molecule has 2 fully saturated rings. The van der Waals surface area contributed by atoms with Crippen molar-refractivity contribution < 1.29 is 24.2 Å². The number of ether oxygens (including phenoxy) is 2. The van der Waals surface area contributed by atoms with Gasteiger partial charge >= 0.3 is 0 Å². The third-order valence-electron chi connectivity index (χ3n) is 6.86. The highest BCUT2D eigenvalue weighted by atomic mass is 35.5. The fourth-order valence-electron chi connectivity index (χ4n) is 4.78.